The lowest BCUT2D eigenvalue weighted by Gasteiger charge is -2.15. The molecular weight excluding hydrogens is 286 g/mol. The van der Waals surface area contributed by atoms with Crippen molar-refractivity contribution in [2.45, 2.75) is 26.2 Å². The fourth-order valence-electron chi connectivity index (χ4n) is 2.61. The van der Waals surface area contributed by atoms with Gasteiger partial charge in [0.05, 0.1) is 5.39 Å². The van der Waals surface area contributed by atoms with E-state index < -0.39 is 0 Å². The normalized spacial score (nSPS) is 14.8. The van der Waals surface area contributed by atoms with Gasteiger partial charge in [0, 0.05) is 30.9 Å². The number of nitrogens with zero attached hydrogens (tertiary/aromatic N) is 3. The summed E-state index contributed by atoms with van der Waals surface area (Å²) in [6, 6.07) is 2.05. The van der Waals surface area contributed by atoms with Gasteiger partial charge in [-0.15, -0.1) is 11.3 Å². The fourth-order valence-corrected chi connectivity index (χ4v) is 3.49. The van der Waals surface area contributed by atoms with Gasteiger partial charge < -0.3 is 16.0 Å². The van der Waals surface area contributed by atoms with Gasteiger partial charge in [0.1, 0.15) is 10.6 Å². The average Bonchev–Trinajstić information content (AvgIpc) is 3.06. The maximum atomic E-state index is 12.0. The molecule has 0 radical (unpaired) electrons. The molecular formula is C14H19N5OS. The molecule has 3 heterocycles. The van der Waals surface area contributed by atoms with Crippen molar-refractivity contribution < 1.29 is 4.79 Å². The van der Waals surface area contributed by atoms with Gasteiger partial charge in [-0.25, -0.2) is 4.98 Å². The first-order chi connectivity index (χ1) is 10.1. The van der Waals surface area contributed by atoms with Crippen LogP contribution in [0.3, 0.4) is 0 Å². The summed E-state index contributed by atoms with van der Waals surface area (Å²) in [6.07, 6.45) is 2.72. The Morgan fingerprint density at radius 2 is 2.19 bits per heavy atom. The molecule has 2 aromatic heterocycles. The quantitative estimate of drug-likeness (QED) is 0.902. The van der Waals surface area contributed by atoms with Crippen LogP contribution < -0.4 is 11.1 Å². The van der Waals surface area contributed by atoms with Crippen LogP contribution in [0.15, 0.2) is 6.07 Å². The number of anilines is 2. The van der Waals surface area contributed by atoms with E-state index >= 15 is 0 Å². The molecule has 2 aromatic rings. The molecule has 0 saturated carbocycles. The molecule has 0 spiro atoms. The number of carbonyl (C=O) groups is 1. The molecule has 6 nitrogen and oxygen atoms in total. The third-order valence-corrected chi connectivity index (χ3v) is 4.57. The first-order valence-electron chi connectivity index (χ1n) is 7.19. The van der Waals surface area contributed by atoms with Crippen molar-refractivity contribution in [3.8, 4) is 0 Å². The highest BCUT2D eigenvalue weighted by atomic mass is 32.1. The molecule has 7 heteroatoms. The Kier molecular flexibility index (Phi) is 3.92. The first kappa shape index (κ1) is 14.1. The summed E-state index contributed by atoms with van der Waals surface area (Å²) in [7, 11) is 0. The third kappa shape index (κ3) is 3.07. The number of likely N-dealkylation sites (tertiary alicyclic amines) is 1. The number of aryl methyl sites for hydroxylation is 1. The molecule has 0 unspecified atom stereocenters. The summed E-state index contributed by atoms with van der Waals surface area (Å²) in [6.45, 7) is 4.39. The Hall–Kier alpha value is -1.89. The van der Waals surface area contributed by atoms with E-state index in [-0.39, 0.29) is 11.9 Å². The highest BCUT2D eigenvalue weighted by Crippen LogP contribution is 2.28. The standard InChI is InChI=1S/C14H19N5OS/c1-9-8-10-12(17-14(15)18-13(10)21-9)16-5-4-11(20)19-6-2-3-7-19/h8H,2-7H2,1H3,(H3,15,16,17,18). The number of nitrogens with one attached hydrogen (secondary N) is 1. The number of nitrogens with two attached hydrogens (primary N) is 1. The predicted molar refractivity (Wildman–Crippen MR) is 85.5 cm³/mol. The molecule has 0 aromatic carbocycles. The van der Waals surface area contributed by atoms with Crippen LogP contribution in [0, 0.1) is 6.92 Å². The van der Waals surface area contributed by atoms with E-state index in [2.05, 4.69) is 15.3 Å². The number of rotatable bonds is 4. The number of fused-ring (bicyclic) bond motifs is 1. The van der Waals surface area contributed by atoms with Crippen LogP contribution in [0.1, 0.15) is 24.1 Å². The van der Waals surface area contributed by atoms with Gasteiger partial charge in [0.15, 0.2) is 0 Å². The van der Waals surface area contributed by atoms with Crippen molar-refractivity contribution in [2.24, 2.45) is 0 Å². The van der Waals surface area contributed by atoms with Crippen LogP contribution in [-0.4, -0.2) is 40.4 Å². The SMILES string of the molecule is Cc1cc2c(NCCC(=O)N3CCCC3)nc(N)nc2s1. The second kappa shape index (κ2) is 5.85. The molecule has 1 aliphatic rings. The van der Waals surface area contributed by atoms with Crippen LogP contribution in [0.25, 0.3) is 10.2 Å². The Bertz CT molecular complexity index is 663. The summed E-state index contributed by atoms with van der Waals surface area (Å²) in [5.74, 6) is 1.19. The molecule has 3 rings (SSSR count). The zero-order valence-electron chi connectivity index (χ0n) is 12.1. The molecule has 0 aliphatic carbocycles. The van der Waals surface area contributed by atoms with Crippen molar-refractivity contribution in [1.82, 2.24) is 14.9 Å². The molecule has 1 fully saturated rings. The highest BCUT2D eigenvalue weighted by molar-refractivity contribution is 7.18. The zero-order chi connectivity index (χ0) is 14.8. The van der Waals surface area contributed by atoms with Gasteiger partial charge in [-0.2, -0.15) is 4.98 Å². The number of amides is 1. The second-order valence-corrected chi connectivity index (χ2v) is 6.51. The van der Waals surface area contributed by atoms with Gasteiger partial charge >= 0.3 is 0 Å². The number of aromatic nitrogens is 2. The summed E-state index contributed by atoms with van der Waals surface area (Å²) < 4.78 is 0. The van der Waals surface area contributed by atoms with Crippen LogP contribution in [0.2, 0.25) is 0 Å². The van der Waals surface area contributed by atoms with Crippen molar-refractivity contribution in [3.05, 3.63) is 10.9 Å². The first-order valence-corrected chi connectivity index (χ1v) is 8.00. The Morgan fingerprint density at radius 1 is 1.43 bits per heavy atom. The largest absolute Gasteiger partial charge is 0.369 e. The number of nitrogen functional groups attached to an aromatic ring is 1. The van der Waals surface area contributed by atoms with Crippen molar-refractivity contribution in [3.63, 3.8) is 0 Å². The minimum Gasteiger partial charge on any atom is -0.369 e. The maximum absolute atomic E-state index is 12.0. The molecule has 1 amide bonds. The minimum atomic E-state index is 0.208. The van der Waals surface area contributed by atoms with Crippen molar-refractivity contribution in [2.75, 3.05) is 30.7 Å². The molecule has 112 valence electrons. The molecule has 0 atom stereocenters. The fraction of sp³-hybridized carbons (Fsp3) is 0.500. The highest BCUT2D eigenvalue weighted by Gasteiger charge is 2.17. The van der Waals surface area contributed by atoms with E-state index in [0.717, 1.165) is 42.0 Å². The maximum Gasteiger partial charge on any atom is 0.224 e. The van der Waals surface area contributed by atoms with E-state index in [9.17, 15) is 4.79 Å². The number of hydrogen-bond acceptors (Lipinski definition) is 6. The molecule has 3 N–H and O–H groups in total. The van der Waals surface area contributed by atoms with E-state index in [0.29, 0.717) is 13.0 Å². The van der Waals surface area contributed by atoms with Crippen molar-refractivity contribution >= 4 is 39.2 Å². The smallest absolute Gasteiger partial charge is 0.224 e. The van der Waals surface area contributed by atoms with E-state index in [1.54, 1.807) is 11.3 Å². The van der Waals surface area contributed by atoms with E-state index in [1.807, 2.05) is 17.9 Å². The van der Waals surface area contributed by atoms with Crippen molar-refractivity contribution in [1.29, 1.82) is 0 Å². The second-order valence-electron chi connectivity index (χ2n) is 5.27. The molecule has 1 saturated heterocycles. The lowest BCUT2D eigenvalue weighted by Crippen LogP contribution is -2.29. The van der Waals surface area contributed by atoms with Crippen LogP contribution in [-0.2, 0) is 4.79 Å². The lowest BCUT2D eigenvalue weighted by molar-refractivity contribution is -0.129. The zero-order valence-corrected chi connectivity index (χ0v) is 12.9. The number of carbonyl (C=O) groups excluding carboxylic acids is 1. The van der Waals surface area contributed by atoms with Crippen LogP contribution in [0.4, 0.5) is 11.8 Å². The van der Waals surface area contributed by atoms with Gasteiger partial charge in [0.25, 0.3) is 0 Å². The summed E-state index contributed by atoms with van der Waals surface area (Å²) in [5.41, 5.74) is 5.73. The van der Waals surface area contributed by atoms with Crippen LogP contribution >= 0.6 is 11.3 Å². The summed E-state index contributed by atoms with van der Waals surface area (Å²) >= 11 is 1.59. The van der Waals surface area contributed by atoms with Crippen LogP contribution in [0.5, 0.6) is 0 Å². The molecule has 0 bridgehead atoms. The monoisotopic (exact) mass is 305 g/mol. The van der Waals surface area contributed by atoms with Gasteiger partial charge in [0.2, 0.25) is 11.9 Å². The topological polar surface area (TPSA) is 84.1 Å². The minimum absolute atomic E-state index is 0.208. The Morgan fingerprint density at radius 3 is 2.95 bits per heavy atom. The molecule has 21 heavy (non-hydrogen) atoms. The van der Waals surface area contributed by atoms with E-state index in [4.69, 9.17) is 5.73 Å². The molecule has 1 aliphatic heterocycles. The Balaban J connectivity index is 1.66. The van der Waals surface area contributed by atoms with E-state index in [1.165, 1.54) is 4.88 Å². The summed E-state index contributed by atoms with van der Waals surface area (Å²) in [4.78, 5) is 24.5. The lowest BCUT2D eigenvalue weighted by atomic mass is 10.3. The van der Waals surface area contributed by atoms with Gasteiger partial charge in [-0.3, -0.25) is 4.79 Å². The number of thiophene rings is 1. The number of hydrogen-bond donors (Lipinski definition) is 2. The average molecular weight is 305 g/mol. The predicted octanol–water partition coefficient (Wildman–Crippen LogP) is 2.01. The summed E-state index contributed by atoms with van der Waals surface area (Å²) in [5, 5.41) is 4.20. The van der Waals surface area contributed by atoms with Gasteiger partial charge in [-0.1, -0.05) is 0 Å². The van der Waals surface area contributed by atoms with Gasteiger partial charge in [-0.05, 0) is 25.8 Å². The third-order valence-electron chi connectivity index (χ3n) is 3.62. The Labute approximate surface area is 127 Å².